The van der Waals surface area contributed by atoms with E-state index in [0.717, 1.165) is 10.9 Å². The van der Waals surface area contributed by atoms with Gasteiger partial charge in [-0.25, -0.2) is 4.68 Å². The fourth-order valence-electron chi connectivity index (χ4n) is 2.21. The maximum atomic E-state index is 13.4. The van der Waals surface area contributed by atoms with Crippen LogP contribution < -0.4 is 10.6 Å². The first-order valence-corrected chi connectivity index (χ1v) is 7.63. The first-order valence-electron chi connectivity index (χ1n) is 7.63. The molecule has 1 heterocycles. The second-order valence-corrected chi connectivity index (χ2v) is 5.15. The van der Waals surface area contributed by atoms with Gasteiger partial charge in [0.1, 0.15) is 0 Å². The number of methoxy groups -OCH3 is 1. The molecule has 0 saturated heterocycles. The monoisotopic (exact) mass is 392 g/mol. The number of nitrogens with zero attached hydrogens (tertiary/aromatic N) is 2. The van der Waals surface area contributed by atoms with E-state index in [1.54, 1.807) is 25.3 Å². The van der Waals surface area contributed by atoms with Crippen LogP contribution in [-0.4, -0.2) is 49.0 Å². The summed E-state index contributed by atoms with van der Waals surface area (Å²) in [5.41, 5.74) is -1.37. The van der Waals surface area contributed by atoms with Crippen molar-refractivity contribution in [3.05, 3.63) is 47.8 Å². The lowest BCUT2D eigenvalue weighted by Gasteiger charge is -2.13. The van der Waals surface area contributed by atoms with Gasteiger partial charge in [0.2, 0.25) is 0 Å². The number of rotatable bonds is 8. The van der Waals surface area contributed by atoms with Gasteiger partial charge in [0, 0.05) is 26.7 Å². The van der Waals surface area contributed by atoms with Crippen LogP contribution in [0.3, 0.4) is 0 Å². The van der Waals surface area contributed by atoms with Crippen molar-refractivity contribution in [2.24, 2.45) is 0 Å². The second-order valence-electron chi connectivity index (χ2n) is 5.15. The van der Waals surface area contributed by atoms with Crippen molar-refractivity contribution in [3.8, 4) is 5.69 Å². The Morgan fingerprint density at radius 1 is 1.19 bits per heavy atom. The van der Waals surface area contributed by atoms with E-state index in [2.05, 4.69) is 15.7 Å². The summed E-state index contributed by atoms with van der Waals surface area (Å²) in [5.74, 6) is -0.817. The molecule has 0 aliphatic rings. The van der Waals surface area contributed by atoms with Gasteiger partial charge in [-0.05, 0) is 12.1 Å². The van der Waals surface area contributed by atoms with Gasteiger partial charge in [-0.1, -0.05) is 18.2 Å². The molecule has 0 spiro atoms. The normalized spacial score (nSPS) is 11.1. The number of nitrogens with one attached hydrogen (secondary N) is 2. The lowest BCUT2D eigenvalue weighted by Crippen LogP contribution is -2.34. The lowest BCUT2D eigenvalue weighted by molar-refractivity contribution is -0.143. The van der Waals surface area contributed by atoms with Crippen molar-refractivity contribution in [1.82, 2.24) is 20.4 Å². The van der Waals surface area contributed by atoms with Crippen LogP contribution in [0.15, 0.2) is 36.5 Å². The minimum absolute atomic E-state index is 0. The number of alkyl halides is 3. The number of benzene rings is 1. The van der Waals surface area contributed by atoms with E-state index in [0.29, 0.717) is 19.7 Å². The highest BCUT2D eigenvalue weighted by Crippen LogP contribution is 2.33. The molecule has 2 N–H and O–H groups in total. The van der Waals surface area contributed by atoms with Gasteiger partial charge in [0.05, 0.1) is 24.1 Å². The van der Waals surface area contributed by atoms with Gasteiger partial charge >= 0.3 is 6.18 Å². The Kier molecular flexibility index (Phi) is 8.56. The summed E-state index contributed by atoms with van der Waals surface area (Å²) >= 11 is 0. The number of carbonyl (C=O) groups is 1. The van der Waals surface area contributed by atoms with E-state index in [9.17, 15) is 18.0 Å². The molecule has 1 aromatic heterocycles. The van der Waals surface area contributed by atoms with E-state index >= 15 is 0 Å². The Morgan fingerprint density at radius 3 is 2.50 bits per heavy atom. The van der Waals surface area contributed by atoms with Crippen LogP contribution in [0, 0.1) is 0 Å². The number of ether oxygens (including phenoxy) is 1. The third kappa shape index (κ3) is 5.72. The van der Waals surface area contributed by atoms with Crippen molar-refractivity contribution in [3.63, 3.8) is 0 Å². The number of para-hydroxylation sites is 1. The minimum atomic E-state index is -4.71. The highest BCUT2D eigenvalue weighted by atomic mass is 35.5. The Bertz CT molecular complexity index is 693. The van der Waals surface area contributed by atoms with Gasteiger partial charge in [-0.2, -0.15) is 18.3 Å². The molecule has 6 nitrogen and oxygen atoms in total. The van der Waals surface area contributed by atoms with Crippen molar-refractivity contribution in [1.29, 1.82) is 0 Å². The summed E-state index contributed by atoms with van der Waals surface area (Å²) in [4.78, 5) is 12.1. The van der Waals surface area contributed by atoms with E-state index < -0.39 is 23.3 Å². The topological polar surface area (TPSA) is 68.2 Å². The molecular formula is C16H20ClF3N4O2. The fourth-order valence-corrected chi connectivity index (χ4v) is 2.21. The molecular weight excluding hydrogens is 373 g/mol. The lowest BCUT2D eigenvalue weighted by atomic mass is 10.2. The van der Waals surface area contributed by atoms with Gasteiger partial charge < -0.3 is 15.4 Å². The molecule has 1 aromatic carbocycles. The number of hydrogen-bond donors (Lipinski definition) is 2. The molecule has 0 aliphatic heterocycles. The van der Waals surface area contributed by atoms with Crippen molar-refractivity contribution >= 4 is 18.3 Å². The van der Waals surface area contributed by atoms with E-state index in [1.165, 1.54) is 12.1 Å². The maximum Gasteiger partial charge on any atom is 0.434 e. The number of carbonyl (C=O) groups excluding carboxylic acids is 1. The van der Waals surface area contributed by atoms with Crippen LogP contribution in [0.25, 0.3) is 5.69 Å². The summed E-state index contributed by atoms with van der Waals surface area (Å²) in [7, 11) is 1.56. The highest BCUT2D eigenvalue weighted by Gasteiger charge is 2.40. The summed E-state index contributed by atoms with van der Waals surface area (Å²) < 4.78 is 45.9. The summed E-state index contributed by atoms with van der Waals surface area (Å²) in [6.45, 7) is 1.71. The molecule has 26 heavy (non-hydrogen) atoms. The quantitative estimate of drug-likeness (QED) is 0.676. The van der Waals surface area contributed by atoms with Gasteiger partial charge in [0.25, 0.3) is 5.91 Å². The van der Waals surface area contributed by atoms with Crippen molar-refractivity contribution in [2.75, 3.05) is 33.4 Å². The molecule has 0 atom stereocenters. The van der Waals surface area contributed by atoms with Crippen LogP contribution >= 0.6 is 12.4 Å². The molecule has 0 unspecified atom stereocenters. The second kappa shape index (κ2) is 10.1. The molecule has 0 aliphatic carbocycles. The smallest absolute Gasteiger partial charge is 0.383 e. The summed E-state index contributed by atoms with van der Waals surface area (Å²) in [5, 5.41) is 9.19. The fraction of sp³-hybridized carbons (Fsp3) is 0.375. The first-order chi connectivity index (χ1) is 11.9. The SMILES string of the molecule is COCCNCCNC(=O)c1cnn(-c2ccccc2)c1C(F)(F)F.Cl. The van der Waals surface area contributed by atoms with Crippen LogP contribution in [0.2, 0.25) is 0 Å². The van der Waals surface area contributed by atoms with Crippen LogP contribution in [0.1, 0.15) is 16.1 Å². The zero-order valence-corrected chi connectivity index (χ0v) is 14.9. The standard InChI is InChI=1S/C16H19F3N4O2.ClH/c1-25-10-9-20-7-8-21-15(24)13-11-22-23(14(13)16(17,18)19)12-5-3-2-4-6-12;/h2-6,11,20H,7-10H2,1H3,(H,21,24);1H. The summed E-state index contributed by atoms with van der Waals surface area (Å²) in [6.07, 6.45) is -3.78. The van der Waals surface area contributed by atoms with E-state index in [1.807, 2.05) is 0 Å². The zero-order valence-electron chi connectivity index (χ0n) is 14.0. The van der Waals surface area contributed by atoms with Crippen LogP contribution in [-0.2, 0) is 10.9 Å². The molecule has 144 valence electrons. The number of hydrogen-bond acceptors (Lipinski definition) is 4. The maximum absolute atomic E-state index is 13.4. The molecule has 0 saturated carbocycles. The zero-order chi connectivity index (χ0) is 18.3. The highest BCUT2D eigenvalue weighted by molar-refractivity contribution is 5.95. The van der Waals surface area contributed by atoms with Crippen molar-refractivity contribution in [2.45, 2.75) is 6.18 Å². The third-order valence-corrected chi connectivity index (χ3v) is 3.35. The Balaban J connectivity index is 0.00000338. The number of amides is 1. The van der Waals surface area contributed by atoms with Crippen LogP contribution in [0.5, 0.6) is 0 Å². The van der Waals surface area contributed by atoms with Gasteiger partial charge in [-0.15, -0.1) is 12.4 Å². The van der Waals surface area contributed by atoms with E-state index in [4.69, 9.17) is 4.74 Å². The van der Waals surface area contributed by atoms with Crippen LogP contribution in [0.4, 0.5) is 13.2 Å². The first kappa shape index (κ1) is 21.9. The van der Waals surface area contributed by atoms with Gasteiger partial charge in [0.15, 0.2) is 5.69 Å². The molecule has 2 rings (SSSR count). The van der Waals surface area contributed by atoms with E-state index in [-0.39, 0.29) is 24.6 Å². The third-order valence-electron chi connectivity index (χ3n) is 3.35. The average Bonchev–Trinajstić information content (AvgIpc) is 3.04. The molecule has 10 heteroatoms. The molecule has 2 aromatic rings. The average molecular weight is 393 g/mol. The van der Waals surface area contributed by atoms with Crippen molar-refractivity contribution < 1.29 is 22.7 Å². The molecule has 0 bridgehead atoms. The molecule has 0 radical (unpaired) electrons. The number of halogens is 4. The Labute approximate surface area is 155 Å². The molecule has 0 fully saturated rings. The largest absolute Gasteiger partial charge is 0.434 e. The predicted octanol–water partition coefficient (Wildman–Crippen LogP) is 2.28. The number of aromatic nitrogens is 2. The minimum Gasteiger partial charge on any atom is -0.383 e. The Morgan fingerprint density at radius 2 is 1.88 bits per heavy atom. The Hall–Kier alpha value is -2.10. The summed E-state index contributed by atoms with van der Waals surface area (Å²) in [6, 6.07) is 7.86. The molecule has 1 amide bonds. The van der Waals surface area contributed by atoms with Gasteiger partial charge in [-0.3, -0.25) is 4.79 Å². The predicted molar refractivity (Wildman–Crippen MR) is 92.9 cm³/mol.